The van der Waals surface area contributed by atoms with E-state index in [-0.39, 0.29) is 40.5 Å². The molecule has 263 valence electrons. The van der Waals surface area contributed by atoms with Crippen molar-refractivity contribution in [2.24, 2.45) is 20.6 Å². The van der Waals surface area contributed by atoms with Crippen LogP contribution in [0.15, 0.2) is 167 Å². The number of aromatic nitrogens is 1. The maximum atomic E-state index is 9.36. The fourth-order valence-corrected chi connectivity index (χ4v) is 7.45. The monoisotopic (exact) mass is 733 g/mol. The van der Waals surface area contributed by atoms with Crippen molar-refractivity contribution < 1.29 is 37.6 Å². The van der Waals surface area contributed by atoms with Gasteiger partial charge in [0.1, 0.15) is 22.8 Å². The van der Waals surface area contributed by atoms with Gasteiger partial charge in [0, 0.05) is 29.2 Å². The Balaban J connectivity index is 0.000000154. The van der Waals surface area contributed by atoms with E-state index in [0.29, 0.717) is 22.8 Å². The van der Waals surface area contributed by atoms with Crippen molar-refractivity contribution >= 4 is 22.8 Å². The largest absolute Gasteiger partial charge is 0.411 e. The summed E-state index contributed by atoms with van der Waals surface area (Å²) in [5.41, 5.74) is 10.7. The first-order valence-corrected chi connectivity index (χ1v) is 16.4. The third kappa shape index (κ3) is 6.69. The van der Waals surface area contributed by atoms with Crippen LogP contribution in [-0.2, 0) is 16.8 Å². The van der Waals surface area contributed by atoms with Crippen LogP contribution in [0.25, 0.3) is 0 Å². The minimum Gasteiger partial charge on any atom is -0.411 e. The molecule has 0 unspecified atom stereocenters. The second-order valence-electron chi connectivity index (χ2n) is 11.9. The van der Waals surface area contributed by atoms with Crippen LogP contribution >= 0.6 is 0 Å². The molecule has 4 N–H and O–H groups in total. The molecule has 4 bridgehead atoms. The average Bonchev–Trinajstić information content (AvgIpc) is 3.21. The van der Waals surface area contributed by atoms with Gasteiger partial charge >= 0.3 is 0 Å². The van der Waals surface area contributed by atoms with E-state index in [9.17, 15) is 20.8 Å². The predicted octanol–water partition coefficient (Wildman–Crippen LogP) is 8.51. The summed E-state index contributed by atoms with van der Waals surface area (Å²) in [6.45, 7) is 5.27. The van der Waals surface area contributed by atoms with Crippen molar-refractivity contribution in [1.82, 2.24) is 4.98 Å². The Hall–Kier alpha value is -6.10. The number of benzene rings is 4. The van der Waals surface area contributed by atoms with Gasteiger partial charge in [0.05, 0.1) is 23.7 Å². The molecule has 52 heavy (non-hydrogen) atoms. The molecule has 0 spiro atoms. The third-order valence-electron chi connectivity index (χ3n) is 9.37. The van der Waals surface area contributed by atoms with Crippen molar-refractivity contribution in [3.63, 3.8) is 0 Å². The molecule has 5 aromatic rings. The Morgan fingerprint density at radius 1 is 0.481 bits per heavy atom. The van der Waals surface area contributed by atoms with Crippen LogP contribution in [0.1, 0.15) is 75.1 Å². The summed E-state index contributed by atoms with van der Waals surface area (Å²) in [6.07, 6.45) is 9.73. The number of rotatable bonds is 1. The summed E-state index contributed by atoms with van der Waals surface area (Å²) in [7, 11) is 0. The van der Waals surface area contributed by atoms with Crippen LogP contribution in [0.4, 0.5) is 0 Å². The van der Waals surface area contributed by atoms with Gasteiger partial charge < -0.3 is 20.8 Å². The number of pyridine rings is 1. The van der Waals surface area contributed by atoms with Crippen LogP contribution in [0.3, 0.4) is 0 Å². The molecule has 0 atom stereocenters. The van der Waals surface area contributed by atoms with Crippen molar-refractivity contribution in [2.45, 2.75) is 30.6 Å². The van der Waals surface area contributed by atoms with Gasteiger partial charge in [-0.25, -0.2) is 12.2 Å². The van der Waals surface area contributed by atoms with E-state index in [1.54, 1.807) is 18.5 Å². The van der Waals surface area contributed by atoms with Gasteiger partial charge in [0.15, 0.2) is 0 Å². The number of hydrogen-bond donors (Lipinski definition) is 4. The Labute approximate surface area is 312 Å². The molecule has 1 radical (unpaired) electrons. The van der Waals surface area contributed by atoms with Crippen molar-refractivity contribution in [3.8, 4) is 0 Å². The molecule has 6 aliphatic carbocycles. The summed E-state index contributed by atoms with van der Waals surface area (Å²) in [5, 5.41) is 51.1. The van der Waals surface area contributed by atoms with Crippen LogP contribution in [0, 0.1) is 6.08 Å². The molecule has 10 heteroatoms. The van der Waals surface area contributed by atoms with Gasteiger partial charge in [-0.05, 0) is 56.6 Å². The fraction of sp³-hybridized carbons (Fsp3) is 0.119. The molecule has 1 heterocycles. The third-order valence-corrected chi connectivity index (χ3v) is 9.37. The summed E-state index contributed by atoms with van der Waals surface area (Å²) in [5.74, 6) is -0.654. The zero-order chi connectivity index (χ0) is 35.7. The predicted molar refractivity (Wildman–Crippen MR) is 198 cm³/mol. The standard InChI is InChI=1S/2C16H12N2O2.C5H5N.C5H7.Co/c2*19-17-15-13-9-5-1-2-6-10(9)14(16(15)18-20)12-8-4-3-7-11(12)13;1-2-4-6-5-3-1;1-3-5-4-2;/h2*1-8,13-14,19-20H;1-5H;4-5H,1H2,2H3;/q;;;-1;/b2*17-15+,18-16+;;5-4+;. The summed E-state index contributed by atoms with van der Waals surface area (Å²) >= 11 is 0. The zero-order valence-electron chi connectivity index (χ0n) is 28.2. The zero-order valence-corrected chi connectivity index (χ0v) is 29.2. The van der Waals surface area contributed by atoms with Gasteiger partial charge in [-0.2, -0.15) is 6.58 Å². The number of fused-ring (bicyclic) bond motifs is 2. The van der Waals surface area contributed by atoms with Crippen molar-refractivity contribution in [1.29, 1.82) is 0 Å². The molecule has 11 rings (SSSR count). The fourth-order valence-electron chi connectivity index (χ4n) is 7.45. The molecule has 0 saturated carbocycles. The smallest absolute Gasteiger partial charge is 0.117 e. The first-order valence-electron chi connectivity index (χ1n) is 16.4. The van der Waals surface area contributed by atoms with E-state index in [0.717, 1.165) is 44.5 Å². The van der Waals surface area contributed by atoms with Gasteiger partial charge in [0.2, 0.25) is 0 Å². The summed E-state index contributed by atoms with van der Waals surface area (Å²) in [6, 6.07) is 37.9. The Bertz CT molecular complexity index is 1800. The first kappa shape index (κ1) is 37.2. The first-order chi connectivity index (χ1) is 25.1. The number of allylic oxidation sites excluding steroid dienone is 3. The maximum Gasteiger partial charge on any atom is 0.117 e. The Morgan fingerprint density at radius 2 is 0.731 bits per heavy atom. The normalized spacial score (nSPS) is 22.2. The van der Waals surface area contributed by atoms with E-state index < -0.39 is 0 Å². The topological polar surface area (TPSA) is 143 Å². The quantitative estimate of drug-likeness (QED) is 0.0592. The number of hydrogen-bond acceptors (Lipinski definition) is 9. The van der Waals surface area contributed by atoms with Gasteiger partial charge in [-0.1, -0.05) is 124 Å². The Kier molecular flexibility index (Phi) is 12.3. The SMILES string of the molecule is C=[C-]/C=C/C.O/N=C1/C(=N/O)C2c3ccccc3C1c1ccccc12.O/N=C1/C(=N/O)C2c3ccccc3C1c1ccccc12.[Co].c1ccncc1. The average molecular weight is 734 g/mol. The van der Waals surface area contributed by atoms with E-state index in [2.05, 4.69) is 38.3 Å². The molecule has 1 aromatic heterocycles. The maximum absolute atomic E-state index is 9.36. The van der Waals surface area contributed by atoms with E-state index in [1.165, 1.54) is 0 Å². The van der Waals surface area contributed by atoms with Crippen molar-refractivity contribution in [3.05, 3.63) is 197 Å². The van der Waals surface area contributed by atoms with Crippen LogP contribution in [0.5, 0.6) is 0 Å². The molecule has 6 aliphatic rings. The molecular formula is C42H36CoN5O4-. The van der Waals surface area contributed by atoms with Crippen LogP contribution in [-0.4, -0.2) is 48.7 Å². The minimum absolute atomic E-state index is 0. The Morgan fingerprint density at radius 3 is 0.846 bits per heavy atom. The van der Waals surface area contributed by atoms with Crippen molar-refractivity contribution in [2.75, 3.05) is 0 Å². The number of oxime groups is 4. The minimum atomic E-state index is -0.164. The second-order valence-corrected chi connectivity index (χ2v) is 11.9. The van der Waals surface area contributed by atoms with Gasteiger partial charge in [0.25, 0.3) is 0 Å². The van der Waals surface area contributed by atoms with Crippen LogP contribution in [0.2, 0.25) is 0 Å². The molecule has 0 amide bonds. The molecule has 4 aromatic carbocycles. The summed E-state index contributed by atoms with van der Waals surface area (Å²) < 4.78 is 0. The molecular weight excluding hydrogens is 697 g/mol. The molecule has 0 fully saturated rings. The molecule has 0 aliphatic heterocycles. The summed E-state index contributed by atoms with van der Waals surface area (Å²) in [4.78, 5) is 3.78. The van der Waals surface area contributed by atoms with E-state index >= 15 is 0 Å². The van der Waals surface area contributed by atoms with E-state index in [4.69, 9.17) is 0 Å². The molecule has 9 nitrogen and oxygen atoms in total. The number of nitrogens with zero attached hydrogens (tertiary/aromatic N) is 5. The van der Waals surface area contributed by atoms with Gasteiger partial charge in [-0.3, -0.25) is 11.1 Å². The molecule has 0 saturated heterocycles. The van der Waals surface area contributed by atoms with Crippen LogP contribution < -0.4 is 0 Å². The van der Waals surface area contributed by atoms with Gasteiger partial charge in [-0.15, -0.1) is 6.92 Å². The second kappa shape index (κ2) is 17.2. The van der Waals surface area contributed by atoms with E-state index in [1.807, 2.05) is 128 Å².